The highest BCUT2D eigenvalue weighted by atomic mass is 16.6. The molecule has 0 aliphatic carbocycles. The van der Waals surface area contributed by atoms with E-state index in [-0.39, 0.29) is 30.6 Å². The Hall–Kier alpha value is -3.60. The number of benzene rings is 3. The summed E-state index contributed by atoms with van der Waals surface area (Å²) in [6, 6.07) is 23.6. The monoisotopic (exact) mass is 441 g/mol. The smallest absolute Gasteiger partial charge is 0.223 e. The fraction of sp³-hybridized carbons (Fsp3) is 0.286. The first-order valence-corrected chi connectivity index (χ1v) is 11.6. The number of ether oxygens (including phenoxy) is 2. The first-order chi connectivity index (χ1) is 16.2. The molecule has 2 aliphatic heterocycles. The van der Waals surface area contributed by atoms with Gasteiger partial charge in [0.1, 0.15) is 13.2 Å². The highest BCUT2D eigenvalue weighted by molar-refractivity contribution is 5.98. The average molecular weight is 442 g/mol. The average Bonchev–Trinajstić information content (AvgIpc) is 3.38. The van der Waals surface area contributed by atoms with Crippen LogP contribution >= 0.6 is 0 Å². The number of rotatable bonds is 6. The zero-order chi connectivity index (χ0) is 22.6. The maximum Gasteiger partial charge on any atom is 0.223 e. The number of ketones is 1. The van der Waals surface area contributed by atoms with Gasteiger partial charge in [-0.05, 0) is 41.7 Å². The van der Waals surface area contributed by atoms with Crippen molar-refractivity contribution in [2.75, 3.05) is 19.8 Å². The van der Waals surface area contributed by atoms with Crippen molar-refractivity contribution in [3.63, 3.8) is 0 Å². The third-order valence-corrected chi connectivity index (χ3v) is 6.40. The van der Waals surface area contributed by atoms with E-state index >= 15 is 0 Å². The van der Waals surface area contributed by atoms with Gasteiger partial charge in [0.15, 0.2) is 17.3 Å². The summed E-state index contributed by atoms with van der Waals surface area (Å²) < 4.78 is 11.3. The predicted molar refractivity (Wildman–Crippen MR) is 127 cm³/mol. The van der Waals surface area contributed by atoms with Crippen LogP contribution in [-0.4, -0.2) is 36.3 Å². The second-order valence-corrected chi connectivity index (χ2v) is 8.51. The standard InChI is InChI=1S/C28H27NO4/c30-25(22-10-8-21(9-11-22)20-5-2-1-3-6-20)13-15-28(31)29-16-4-7-24(29)23-12-14-26-27(19-23)33-18-17-32-26/h1-3,5-6,8-12,14,19,24H,4,7,13,15-18H2. The fourth-order valence-electron chi connectivity index (χ4n) is 4.67. The summed E-state index contributed by atoms with van der Waals surface area (Å²) in [5.74, 6) is 1.52. The molecular weight excluding hydrogens is 414 g/mol. The molecule has 3 aromatic carbocycles. The van der Waals surface area contributed by atoms with E-state index in [1.165, 1.54) is 0 Å². The molecule has 0 bridgehead atoms. The Balaban J connectivity index is 1.21. The number of carbonyl (C=O) groups is 2. The number of amides is 1. The number of hydrogen-bond acceptors (Lipinski definition) is 4. The fourth-order valence-corrected chi connectivity index (χ4v) is 4.67. The SMILES string of the molecule is O=C(CCC(=O)N1CCCC1c1ccc2c(c1)OCCO2)c1ccc(-c2ccccc2)cc1. The lowest BCUT2D eigenvalue weighted by molar-refractivity contribution is -0.132. The van der Waals surface area contributed by atoms with Gasteiger partial charge in [-0.3, -0.25) is 9.59 Å². The first kappa shape index (κ1) is 21.3. The third-order valence-electron chi connectivity index (χ3n) is 6.40. The van der Waals surface area contributed by atoms with E-state index < -0.39 is 0 Å². The number of hydrogen-bond donors (Lipinski definition) is 0. The molecule has 1 unspecified atom stereocenters. The van der Waals surface area contributed by atoms with Crippen LogP contribution in [0.2, 0.25) is 0 Å². The zero-order valence-electron chi connectivity index (χ0n) is 18.5. The summed E-state index contributed by atoms with van der Waals surface area (Å²) in [7, 11) is 0. The zero-order valence-corrected chi connectivity index (χ0v) is 18.5. The van der Waals surface area contributed by atoms with Gasteiger partial charge in [-0.2, -0.15) is 0 Å². The van der Waals surface area contributed by atoms with Crippen LogP contribution in [0.15, 0.2) is 72.8 Å². The number of nitrogens with zero attached hydrogens (tertiary/aromatic N) is 1. The molecule has 1 saturated heterocycles. The van der Waals surface area contributed by atoms with Crippen molar-refractivity contribution in [1.29, 1.82) is 0 Å². The lowest BCUT2D eigenvalue weighted by atomic mass is 10.0. The molecule has 1 atom stereocenters. The van der Waals surface area contributed by atoms with Gasteiger partial charge < -0.3 is 14.4 Å². The van der Waals surface area contributed by atoms with Gasteiger partial charge in [0.05, 0.1) is 6.04 Å². The summed E-state index contributed by atoms with van der Waals surface area (Å²) in [6.07, 6.45) is 2.31. The highest BCUT2D eigenvalue weighted by Crippen LogP contribution is 2.38. The van der Waals surface area contributed by atoms with Crippen LogP contribution in [-0.2, 0) is 4.79 Å². The second kappa shape index (κ2) is 9.49. The van der Waals surface area contributed by atoms with Crippen LogP contribution in [0, 0.1) is 0 Å². The molecule has 0 saturated carbocycles. The summed E-state index contributed by atoms with van der Waals surface area (Å²) in [4.78, 5) is 27.6. The molecule has 5 heteroatoms. The number of fused-ring (bicyclic) bond motifs is 1. The molecule has 0 aromatic heterocycles. The van der Waals surface area contributed by atoms with Crippen LogP contribution in [0.4, 0.5) is 0 Å². The number of carbonyl (C=O) groups excluding carboxylic acids is 2. The Kier molecular flexibility index (Phi) is 6.11. The van der Waals surface area contributed by atoms with E-state index in [0.29, 0.717) is 18.8 Å². The first-order valence-electron chi connectivity index (χ1n) is 11.6. The minimum atomic E-state index is -0.00182. The van der Waals surface area contributed by atoms with Crippen molar-refractivity contribution >= 4 is 11.7 Å². The number of likely N-dealkylation sites (tertiary alicyclic amines) is 1. The number of Topliss-reactive ketones (excluding diaryl/α,β-unsaturated/α-hetero) is 1. The van der Waals surface area contributed by atoms with E-state index in [1.54, 1.807) is 0 Å². The van der Waals surface area contributed by atoms with Crippen LogP contribution in [0.25, 0.3) is 11.1 Å². The van der Waals surface area contributed by atoms with Crippen LogP contribution in [0.3, 0.4) is 0 Å². The molecule has 168 valence electrons. The predicted octanol–water partition coefficient (Wildman–Crippen LogP) is 5.45. The molecule has 1 amide bonds. The van der Waals surface area contributed by atoms with Crippen molar-refractivity contribution in [2.45, 2.75) is 31.7 Å². The summed E-state index contributed by atoms with van der Waals surface area (Å²) in [5.41, 5.74) is 3.90. The molecule has 1 fully saturated rings. The summed E-state index contributed by atoms with van der Waals surface area (Å²) in [5, 5.41) is 0. The van der Waals surface area contributed by atoms with Gasteiger partial charge in [-0.25, -0.2) is 0 Å². The van der Waals surface area contributed by atoms with Crippen LogP contribution in [0.5, 0.6) is 11.5 Å². The normalized spacial score (nSPS) is 17.1. The summed E-state index contributed by atoms with van der Waals surface area (Å²) >= 11 is 0. The van der Waals surface area contributed by atoms with Crippen molar-refractivity contribution in [3.8, 4) is 22.6 Å². The molecule has 2 aliphatic rings. The highest BCUT2D eigenvalue weighted by Gasteiger charge is 2.31. The Morgan fingerprint density at radius 2 is 1.55 bits per heavy atom. The van der Waals surface area contributed by atoms with Crippen LogP contribution < -0.4 is 9.47 Å². The molecule has 2 heterocycles. The largest absolute Gasteiger partial charge is 0.486 e. The lowest BCUT2D eigenvalue weighted by Crippen LogP contribution is -2.30. The van der Waals surface area contributed by atoms with Crippen molar-refractivity contribution < 1.29 is 19.1 Å². The molecular formula is C28H27NO4. The molecule has 33 heavy (non-hydrogen) atoms. The Bertz CT molecular complexity index is 1140. The van der Waals surface area contributed by atoms with E-state index in [9.17, 15) is 9.59 Å². The Morgan fingerprint density at radius 3 is 2.33 bits per heavy atom. The molecule has 5 rings (SSSR count). The Morgan fingerprint density at radius 1 is 0.818 bits per heavy atom. The van der Waals surface area contributed by atoms with Crippen molar-refractivity contribution in [3.05, 3.63) is 83.9 Å². The van der Waals surface area contributed by atoms with Gasteiger partial charge in [0.25, 0.3) is 0 Å². The van der Waals surface area contributed by atoms with Crippen molar-refractivity contribution in [1.82, 2.24) is 4.90 Å². The van der Waals surface area contributed by atoms with E-state index in [2.05, 4.69) is 0 Å². The van der Waals surface area contributed by atoms with E-state index in [4.69, 9.17) is 9.47 Å². The second-order valence-electron chi connectivity index (χ2n) is 8.51. The molecule has 0 spiro atoms. The Labute approximate surface area is 193 Å². The quantitative estimate of drug-likeness (QED) is 0.477. The van der Waals surface area contributed by atoms with Gasteiger partial charge >= 0.3 is 0 Å². The van der Waals surface area contributed by atoms with Gasteiger partial charge in [0.2, 0.25) is 5.91 Å². The minimum Gasteiger partial charge on any atom is -0.486 e. The molecule has 0 radical (unpaired) electrons. The topological polar surface area (TPSA) is 55.8 Å². The third kappa shape index (κ3) is 4.63. The lowest BCUT2D eigenvalue weighted by Gasteiger charge is -2.26. The van der Waals surface area contributed by atoms with Gasteiger partial charge in [0, 0.05) is 24.9 Å². The molecule has 0 N–H and O–H groups in total. The molecule has 3 aromatic rings. The summed E-state index contributed by atoms with van der Waals surface area (Å²) in [6.45, 7) is 1.82. The van der Waals surface area contributed by atoms with Crippen molar-refractivity contribution in [2.24, 2.45) is 0 Å². The van der Waals surface area contributed by atoms with E-state index in [1.807, 2.05) is 77.7 Å². The minimum absolute atomic E-state index is 0.00182. The maximum absolute atomic E-state index is 13.0. The van der Waals surface area contributed by atoms with Gasteiger partial charge in [-0.15, -0.1) is 0 Å². The van der Waals surface area contributed by atoms with Crippen LogP contribution in [0.1, 0.15) is 47.6 Å². The van der Waals surface area contributed by atoms with Gasteiger partial charge in [-0.1, -0.05) is 60.7 Å². The maximum atomic E-state index is 13.0. The van der Waals surface area contributed by atoms with E-state index in [0.717, 1.165) is 47.6 Å². The molecule has 5 nitrogen and oxygen atoms in total.